The molecule has 0 unspecified atom stereocenters. The second-order valence-electron chi connectivity index (χ2n) is 9.49. The van der Waals surface area contributed by atoms with Crippen molar-refractivity contribution in [1.82, 2.24) is 0 Å². The number of benzene rings is 4. The fraction of sp³-hybridized carbons (Fsp3) is 0.294. The Kier molecular flexibility index (Phi) is 10.2. The average Bonchev–Trinajstić information content (AvgIpc) is 3.02. The molecule has 4 rings (SSSR count). The summed E-state index contributed by atoms with van der Waals surface area (Å²) in [5.74, 6) is 5.26. The van der Waals surface area contributed by atoms with Crippen LogP contribution in [-0.2, 0) is 25.7 Å². The highest BCUT2D eigenvalue weighted by Gasteiger charge is 2.17. The lowest BCUT2D eigenvalue weighted by molar-refractivity contribution is 0.329. The molecule has 0 atom stereocenters. The first-order valence-corrected chi connectivity index (χ1v) is 13.4. The van der Waals surface area contributed by atoms with Crippen molar-refractivity contribution < 1.29 is 33.2 Å². The van der Waals surface area contributed by atoms with Gasteiger partial charge in [0.1, 0.15) is 17.2 Å². The molecule has 4 aromatic rings. The van der Waals surface area contributed by atoms with Crippen LogP contribution in [0.2, 0.25) is 0 Å². The maximum absolute atomic E-state index is 6.47. The fourth-order valence-electron chi connectivity index (χ4n) is 4.69. The molecule has 0 aliphatic carbocycles. The number of ether oxygens (including phenoxy) is 7. The van der Waals surface area contributed by atoms with E-state index in [0.29, 0.717) is 28.7 Å². The van der Waals surface area contributed by atoms with Gasteiger partial charge in [-0.1, -0.05) is 18.2 Å². The van der Waals surface area contributed by atoms with Crippen molar-refractivity contribution in [3.05, 3.63) is 95.1 Å². The maximum atomic E-state index is 6.47. The van der Waals surface area contributed by atoms with Gasteiger partial charge in [-0.05, 0) is 96.5 Å². The highest BCUT2D eigenvalue weighted by molar-refractivity contribution is 5.57. The zero-order chi connectivity index (χ0) is 29.2. The first-order chi connectivity index (χ1) is 20.0. The summed E-state index contributed by atoms with van der Waals surface area (Å²) in [5.41, 5.74) is 4.46. The van der Waals surface area contributed by atoms with Gasteiger partial charge in [0.15, 0.2) is 23.0 Å². The summed E-state index contributed by atoms with van der Waals surface area (Å²) in [6.07, 6.45) is 3.21. The van der Waals surface area contributed by atoms with Gasteiger partial charge in [-0.25, -0.2) is 0 Å². The van der Waals surface area contributed by atoms with Gasteiger partial charge >= 0.3 is 0 Å². The van der Waals surface area contributed by atoms with E-state index in [-0.39, 0.29) is 0 Å². The largest absolute Gasteiger partial charge is 0.497 e. The molecule has 0 spiro atoms. The number of aryl methyl sites for hydroxylation is 4. The van der Waals surface area contributed by atoms with E-state index in [2.05, 4.69) is 18.2 Å². The normalized spacial score (nSPS) is 10.6. The van der Waals surface area contributed by atoms with Crippen LogP contribution in [-0.4, -0.2) is 42.7 Å². The molecule has 41 heavy (non-hydrogen) atoms. The van der Waals surface area contributed by atoms with Gasteiger partial charge in [-0.3, -0.25) is 0 Å². The molecule has 4 aromatic carbocycles. The van der Waals surface area contributed by atoms with Gasteiger partial charge in [-0.2, -0.15) is 0 Å². The first-order valence-electron chi connectivity index (χ1n) is 13.4. The number of hydrogen-bond donors (Lipinski definition) is 0. The molecule has 0 heterocycles. The molecule has 0 aromatic heterocycles. The van der Waals surface area contributed by atoms with E-state index in [1.54, 1.807) is 42.7 Å². The van der Waals surface area contributed by atoms with Gasteiger partial charge in [-0.15, -0.1) is 0 Å². The standard InChI is InChI=1S/C34H38O7/c1-35-27-9-7-8-23(16-27)10-11-24-14-15-30(38-4)31(19-24)41-33-21-26(20-32(39-5)34(33)40-6)13-12-25-17-28(36-2)22-29(18-25)37-3/h7-9,14-22H,10-13H2,1-6H3. The molecule has 0 saturated carbocycles. The average molecular weight is 559 g/mol. The lowest BCUT2D eigenvalue weighted by Crippen LogP contribution is -2.00. The molecule has 0 amide bonds. The molecular formula is C34H38O7. The Balaban J connectivity index is 1.58. The first kappa shape index (κ1) is 29.5. The summed E-state index contributed by atoms with van der Waals surface area (Å²) in [7, 11) is 9.85. The molecule has 0 aliphatic rings. The summed E-state index contributed by atoms with van der Waals surface area (Å²) in [6.45, 7) is 0. The van der Waals surface area contributed by atoms with E-state index in [9.17, 15) is 0 Å². The second-order valence-corrected chi connectivity index (χ2v) is 9.49. The Labute approximate surface area is 242 Å². The third-order valence-electron chi connectivity index (χ3n) is 6.90. The zero-order valence-electron chi connectivity index (χ0n) is 24.6. The molecule has 0 bridgehead atoms. The van der Waals surface area contributed by atoms with E-state index in [4.69, 9.17) is 33.2 Å². The predicted octanol–water partition coefficient (Wildman–Crippen LogP) is 7.10. The molecule has 216 valence electrons. The van der Waals surface area contributed by atoms with Crippen molar-refractivity contribution in [2.45, 2.75) is 25.7 Å². The van der Waals surface area contributed by atoms with Crippen LogP contribution in [0, 0.1) is 0 Å². The minimum atomic E-state index is 0.517. The molecular weight excluding hydrogens is 520 g/mol. The lowest BCUT2D eigenvalue weighted by atomic mass is 10.0. The Bertz CT molecular complexity index is 1430. The molecule has 0 radical (unpaired) electrons. The van der Waals surface area contributed by atoms with Crippen LogP contribution in [0.4, 0.5) is 0 Å². The quantitative estimate of drug-likeness (QED) is 0.164. The van der Waals surface area contributed by atoms with Crippen LogP contribution < -0.4 is 33.2 Å². The Morgan fingerprint density at radius 2 is 0.927 bits per heavy atom. The van der Waals surface area contributed by atoms with Crippen molar-refractivity contribution >= 4 is 0 Å². The molecule has 0 aliphatic heterocycles. The SMILES string of the molecule is COc1cccc(CCc2ccc(OC)c(Oc3cc(CCc4cc(OC)cc(OC)c4)cc(OC)c3OC)c2)c1. The van der Waals surface area contributed by atoms with Crippen LogP contribution >= 0.6 is 0 Å². The summed E-state index contributed by atoms with van der Waals surface area (Å²) in [5, 5.41) is 0. The number of methoxy groups -OCH3 is 6. The molecule has 0 saturated heterocycles. The molecule has 7 nitrogen and oxygen atoms in total. The number of rotatable bonds is 14. The summed E-state index contributed by atoms with van der Waals surface area (Å²) in [4.78, 5) is 0. The molecule has 7 heteroatoms. The number of hydrogen-bond acceptors (Lipinski definition) is 7. The van der Waals surface area contributed by atoms with Gasteiger partial charge < -0.3 is 33.2 Å². The zero-order valence-corrected chi connectivity index (χ0v) is 24.6. The van der Waals surface area contributed by atoms with Crippen LogP contribution in [0.3, 0.4) is 0 Å². The third kappa shape index (κ3) is 7.57. The van der Waals surface area contributed by atoms with E-state index in [0.717, 1.165) is 59.6 Å². The summed E-state index contributed by atoms with van der Waals surface area (Å²) < 4.78 is 39.7. The van der Waals surface area contributed by atoms with Crippen molar-refractivity contribution in [2.75, 3.05) is 42.7 Å². The van der Waals surface area contributed by atoms with Gasteiger partial charge in [0.2, 0.25) is 5.75 Å². The topological polar surface area (TPSA) is 64.6 Å². The van der Waals surface area contributed by atoms with Crippen LogP contribution in [0.15, 0.2) is 72.8 Å². The van der Waals surface area contributed by atoms with Gasteiger partial charge in [0, 0.05) is 6.07 Å². The smallest absolute Gasteiger partial charge is 0.203 e. The van der Waals surface area contributed by atoms with E-state index in [1.165, 1.54) is 5.56 Å². The lowest BCUT2D eigenvalue weighted by Gasteiger charge is -2.18. The third-order valence-corrected chi connectivity index (χ3v) is 6.90. The van der Waals surface area contributed by atoms with Gasteiger partial charge in [0.05, 0.1) is 42.7 Å². The highest BCUT2D eigenvalue weighted by atomic mass is 16.5. The van der Waals surface area contributed by atoms with E-state index < -0.39 is 0 Å². The Morgan fingerprint density at radius 3 is 1.54 bits per heavy atom. The minimum Gasteiger partial charge on any atom is -0.497 e. The summed E-state index contributed by atoms with van der Waals surface area (Å²) in [6, 6.07) is 24.0. The fourth-order valence-corrected chi connectivity index (χ4v) is 4.69. The maximum Gasteiger partial charge on any atom is 0.203 e. The Morgan fingerprint density at radius 1 is 0.390 bits per heavy atom. The Hall–Kier alpha value is -4.52. The van der Waals surface area contributed by atoms with Crippen molar-refractivity contribution in [1.29, 1.82) is 0 Å². The predicted molar refractivity (Wildman–Crippen MR) is 160 cm³/mol. The van der Waals surface area contributed by atoms with Crippen LogP contribution in [0.1, 0.15) is 22.3 Å². The van der Waals surface area contributed by atoms with E-state index >= 15 is 0 Å². The van der Waals surface area contributed by atoms with Crippen molar-refractivity contribution in [2.24, 2.45) is 0 Å². The molecule has 0 N–H and O–H groups in total. The van der Waals surface area contributed by atoms with Gasteiger partial charge in [0.25, 0.3) is 0 Å². The highest BCUT2D eigenvalue weighted by Crippen LogP contribution is 2.43. The van der Waals surface area contributed by atoms with Crippen LogP contribution in [0.5, 0.6) is 46.0 Å². The van der Waals surface area contributed by atoms with Crippen molar-refractivity contribution in [3.8, 4) is 46.0 Å². The molecule has 0 fully saturated rings. The van der Waals surface area contributed by atoms with Crippen molar-refractivity contribution in [3.63, 3.8) is 0 Å². The minimum absolute atomic E-state index is 0.517. The second kappa shape index (κ2) is 14.2. The monoisotopic (exact) mass is 558 g/mol. The van der Waals surface area contributed by atoms with E-state index in [1.807, 2.05) is 54.6 Å². The summed E-state index contributed by atoms with van der Waals surface area (Å²) >= 11 is 0. The van der Waals surface area contributed by atoms with Crippen LogP contribution in [0.25, 0.3) is 0 Å².